The molecule has 0 bridgehead atoms. The quantitative estimate of drug-likeness (QED) is 0.0321. The van der Waals surface area contributed by atoms with Gasteiger partial charge in [0, 0.05) is 6.42 Å². The zero-order valence-electron chi connectivity index (χ0n) is 42.7. The van der Waals surface area contributed by atoms with Crippen LogP contribution in [0, 0.1) is 0 Å². The van der Waals surface area contributed by atoms with Crippen LogP contribution in [-0.4, -0.2) is 46.9 Å². The van der Waals surface area contributed by atoms with Crippen LogP contribution in [0.1, 0.15) is 316 Å². The van der Waals surface area contributed by atoms with Crippen LogP contribution >= 0.6 is 0 Å². The van der Waals surface area contributed by atoms with E-state index < -0.39 is 18.2 Å². The average Bonchev–Trinajstić information content (AvgIpc) is 3.28. The Morgan fingerprint density at radius 1 is 0.444 bits per heavy atom. The van der Waals surface area contributed by atoms with E-state index in [0.29, 0.717) is 19.3 Å². The Hall–Kier alpha value is -1.40. The van der Waals surface area contributed by atoms with E-state index in [1.165, 1.54) is 225 Å². The van der Waals surface area contributed by atoms with Gasteiger partial charge in [-0.1, -0.05) is 264 Å². The Balaban J connectivity index is 4.51. The van der Waals surface area contributed by atoms with E-state index in [4.69, 9.17) is 4.74 Å². The van der Waals surface area contributed by atoms with Crippen molar-refractivity contribution in [2.75, 3.05) is 6.61 Å². The summed E-state index contributed by atoms with van der Waals surface area (Å²) >= 11 is 0. The summed E-state index contributed by atoms with van der Waals surface area (Å²) in [5.41, 5.74) is 0. The number of hydrogen-bond donors (Lipinski definition) is 3. The van der Waals surface area contributed by atoms with E-state index in [1.807, 2.05) is 0 Å². The van der Waals surface area contributed by atoms with Crippen molar-refractivity contribution in [2.45, 2.75) is 334 Å². The molecule has 0 aromatic heterocycles. The molecule has 0 saturated carbocycles. The summed E-state index contributed by atoms with van der Waals surface area (Å²) in [7, 11) is 0. The molecule has 0 aliphatic rings. The summed E-state index contributed by atoms with van der Waals surface area (Å²) in [6.45, 7) is 6.51. The second-order valence-electron chi connectivity index (χ2n) is 19.7. The lowest BCUT2D eigenvalue weighted by Crippen LogP contribution is -2.46. The van der Waals surface area contributed by atoms with Crippen LogP contribution in [0.15, 0.2) is 12.2 Å². The number of esters is 1. The largest absolute Gasteiger partial charge is 0.462 e. The number of rotatable bonds is 52. The predicted octanol–water partition coefficient (Wildman–Crippen LogP) is 17.3. The number of unbranched alkanes of at least 4 members (excludes halogenated alkanes) is 38. The second kappa shape index (κ2) is 51.6. The Kier molecular flexibility index (Phi) is 50.4. The molecule has 6 heteroatoms. The zero-order chi connectivity index (χ0) is 45.9. The molecule has 0 spiro atoms. The number of carbonyl (C=O) groups is 2. The Morgan fingerprint density at radius 3 is 1.13 bits per heavy atom. The Bertz CT molecular complexity index is 955. The van der Waals surface area contributed by atoms with Crippen LogP contribution in [0.25, 0.3) is 0 Å². The van der Waals surface area contributed by atoms with Gasteiger partial charge in [0.1, 0.15) is 6.10 Å². The number of nitrogens with one attached hydrogen (secondary N) is 1. The lowest BCUT2D eigenvalue weighted by molar-refractivity contribution is -0.151. The minimum Gasteiger partial charge on any atom is -0.462 e. The molecule has 0 fully saturated rings. The topological polar surface area (TPSA) is 95.9 Å². The summed E-state index contributed by atoms with van der Waals surface area (Å²) < 4.78 is 5.96. The molecule has 1 amide bonds. The van der Waals surface area contributed by atoms with Gasteiger partial charge in [-0.3, -0.25) is 9.59 Å². The average molecular weight is 891 g/mol. The van der Waals surface area contributed by atoms with Crippen molar-refractivity contribution >= 4 is 11.9 Å². The molecule has 374 valence electrons. The van der Waals surface area contributed by atoms with Crippen LogP contribution in [0.4, 0.5) is 0 Å². The number of carbonyl (C=O) groups excluding carboxylic acids is 2. The summed E-state index contributed by atoms with van der Waals surface area (Å²) in [6, 6.07) is -0.695. The molecule has 0 aliphatic carbocycles. The third kappa shape index (κ3) is 46.9. The smallest absolute Gasteiger partial charge is 0.306 e. The summed E-state index contributed by atoms with van der Waals surface area (Å²) in [4.78, 5) is 26.2. The van der Waals surface area contributed by atoms with Crippen molar-refractivity contribution in [3.05, 3.63) is 12.2 Å². The highest BCUT2D eigenvalue weighted by atomic mass is 16.5. The van der Waals surface area contributed by atoms with E-state index in [1.54, 1.807) is 0 Å². The number of aliphatic hydroxyl groups is 2. The van der Waals surface area contributed by atoms with Crippen molar-refractivity contribution in [1.82, 2.24) is 5.32 Å². The van der Waals surface area contributed by atoms with Crippen molar-refractivity contribution in [3.8, 4) is 0 Å². The fourth-order valence-corrected chi connectivity index (χ4v) is 9.02. The Labute approximate surface area is 393 Å². The minimum atomic E-state index is -0.782. The Morgan fingerprint density at radius 2 is 0.762 bits per heavy atom. The molecule has 0 saturated heterocycles. The van der Waals surface area contributed by atoms with Gasteiger partial charge >= 0.3 is 5.97 Å². The SMILES string of the molecule is CCCCCCCC/C=C/CCCCCCCCCC(=O)OC(CCCCCCCCCCCCCCCCCC)CC(=O)NC(CO)C(O)CCCCCCCCCCCCC. The third-order valence-corrected chi connectivity index (χ3v) is 13.3. The van der Waals surface area contributed by atoms with Gasteiger partial charge in [-0.2, -0.15) is 0 Å². The van der Waals surface area contributed by atoms with E-state index in [2.05, 4.69) is 38.2 Å². The molecule has 3 atom stereocenters. The van der Waals surface area contributed by atoms with Gasteiger partial charge in [-0.05, 0) is 51.4 Å². The first-order chi connectivity index (χ1) is 31.0. The van der Waals surface area contributed by atoms with Crippen LogP contribution in [-0.2, 0) is 14.3 Å². The number of aliphatic hydroxyl groups excluding tert-OH is 2. The van der Waals surface area contributed by atoms with Gasteiger partial charge in [0.05, 0.1) is 25.2 Å². The molecule has 3 unspecified atom stereocenters. The molecule has 6 nitrogen and oxygen atoms in total. The van der Waals surface area contributed by atoms with Gasteiger partial charge < -0.3 is 20.3 Å². The van der Waals surface area contributed by atoms with Crippen LogP contribution in [0.2, 0.25) is 0 Å². The van der Waals surface area contributed by atoms with Gasteiger partial charge in [0.2, 0.25) is 5.91 Å². The molecular weight excluding hydrogens is 779 g/mol. The van der Waals surface area contributed by atoms with Crippen molar-refractivity contribution < 1.29 is 24.5 Å². The first-order valence-electron chi connectivity index (χ1n) is 28.4. The molecule has 0 radical (unpaired) electrons. The second-order valence-corrected chi connectivity index (χ2v) is 19.7. The number of allylic oxidation sites excluding steroid dienone is 2. The van der Waals surface area contributed by atoms with E-state index >= 15 is 0 Å². The summed E-state index contributed by atoms with van der Waals surface area (Å²) in [5, 5.41) is 23.8. The lowest BCUT2D eigenvalue weighted by Gasteiger charge is -2.24. The molecule has 0 heterocycles. The van der Waals surface area contributed by atoms with E-state index in [9.17, 15) is 19.8 Å². The third-order valence-electron chi connectivity index (χ3n) is 13.3. The molecule has 0 rings (SSSR count). The summed E-state index contributed by atoms with van der Waals surface area (Å²) in [5.74, 6) is -0.457. The van der Waals surface area contributed by atoms with Gasteiger partial charge in [-0.25, -0.2) is 0 Å². The number of amides is 1. The first kappa shape index (κ1) is 61.6. The van der Waals surface area contributed by atoms with Crippen LogP contribution in [0.5, 0.6) is 0 Å². The van der Waals surface area contributed by atoms with Crippen molar-refractivity contribution in [3.63, 3.8) is 0 Å². The normalized spacial score (nSPS) is 13.2. The molecule has 0 aromatic carbocycles. The van der Waals surface area contributed by atoms with Crippen LogP contribution < -0.4 is 5.32 Å². The highest BCUT2D eigenvalue weighted by Crippen LogP contribution is 2.19. The highest BCUT2D eigenvalue weighted by molar-refractivity contribution is 5.77. The van der Waals surface area contributed by atoms with Crippen LogP contribution in [0.3, 0.4) is 0 Å². The minimum absolute atomic E-state index is 0.0837. The van der Waals surface area contributed by atoms with Crippen molar-refractivity contribution in [1.29, 1.82) is 0 Å². The maximum absolute atomic E-state index is 13.2. The standard InChI is InChI=1S/C57H111NO5/c1-4-7-10-13-16-19-22-24-26-28-30-32-35-38-41-44-47-50-57(62)63-53(48-45-42-39-36-34-31-29-27-25-23-20-17-14-11-8-5-2)51-56(61)58-54(52-59)55(60)49-46-43-40-37-33-21-18-15-12-9-6-3/h24,26,53-55,59-60H,4-23,25,27-52H2,1-3H3,(H,58,61)/b26-24+. The molecule has 63 heavy (non-hydrogen) atoms. The molecule has 0 aromatic rings. The predicted molar refractivity (Wildman–Crippen MR) is 273 cm³/mol. The van der Waals surface area contributed by atoms with Gasteiger partial charge in [-0.15, -0.1) is 0 Å². The van der Waals surface area contributed by atoms with Gasteiger partial charge in [0.25, 0.3) is 0 Å². The van der Waals surface area contributed by atoms with E-state index in [0.717, 1.165) is 44.9 Å². The first-order valence-corrected chi connectivity index (χ1v) is 28.4. The maximum atomic E-state index is 13.2. The number of hydrogen-bond acceptors (Lipinski definition) is 5. The van der Waals surface area contributed by atoms with E-state index in [-0.39, 0.29) is 24.9 Å². The molecule has 0 aliphatic heterocycles. The van der Waals surface area contributed by atoms with Gasteiger partial charge in [0.15, 0.2) is 0 Å². The maximum Gasteiger partial charge on any atom is 0.306 e. The summed E-state index contributed by atoms with van der Waals surface area (Å²) in [6.07, 6.45) is 58.5. The molecular formula is C57H111NO5. The fourth-order valence-electron chi connectivity index (χ4n) is 9.02. The lowest BCUT2D eigenvalue weighted by atomic mass is 10.0. The van der Waals surface area contributed by atoms with Crippen molar-refractivity contribution in [2.24, 2.45) is 0 Å². The fraction of sp³-hybridized carbons (Fsp3) is 0.930. The highest BCUT2D eigenvalue weighted by Gasteiger charge is 2.24. The monoisotopic (exact) mass is 890 g/mol. The zero-order valence-corrected chi connectivity index (χ0v) is 42.7. The number of ether oxygens (including phenoxy) is 1. The molecule has 3 N–H and O–H groups in total.